The van der Waals surface area contributed by atoms with Gasteiger partial charge in [-0.25, -0.2) is 4.98 Å². The van der Waals surface area contributed by atoms with E-state index in [2.05, 4.69) is 18.8 Å². The first-order valence-electron chi connectivity index (χ1n) is 5.47. The van der Waals surface area contributed by atoms with Crippen LogP contribution in [0.1, 0.15) is 31.9 Å². The van der Waals surface area contributed by atoms with Crippen molar-refractivity contribution in [3.63, 3.8) is 0 Å². The quantitative estimate of drug-likeness (QED) is 0.762. The van der Waals surface area contributed by atoms with Crippen molar-refractivity contribution >= 4 is 0 Å². The van der Waals surface area contributed by atoms with Crippen LogP contribution in [0.25, 0.3) is 0 Å². The van der Waals surface area contributed by atoms with Crippen LogP contribution in [0.4, 0.5) is 0 Å². The zero-order chi connectivity index (χ0) is 10.7. The summed E-state index contributed by atoms with van der Waals surface area (Å²) in [7, 11) is 0. The minimum atomic E-state index is 0.180. The molecule has 0 N–H and O–H groups in total. The second kappa shape index (κ2) is 4.62. The number of nitrogens with zero attached hydrogens (tertiary/aromatic N) is 1. The Labute approximate surface area is 90.4 Å². The number of hydrogen-bond acceptors (Lipinski definition) is 3. The van der Waals surface area contributed by atoms with Gasteiger partial charge in [-0.1, -0.05) is 19.9 Å². The molecule has 1 unspecified atom stereocenters. The van der Waals surface area contributed by atoms with Crippen molar-refractivity contribution < 1.29 is 9.47 Å². The van der Waals surface area contributed by atoms with Crippen molar-refractivity contribution in [1.29, 1.82) is 0 Å². The summed E-state index contributed by atoms with van der Waals surface area (Å²) >= 11 is 0. The van der Waals surface area contributed by atoms with Gasteiger partial charge in [-0.05, 0) is 12.0 Å². The molecule has 1 aromatic heterocycles. The van der Waals surface area contributed by atoms with Crippen molar-refractivity contribution in [3.8, 4) is 5.88 Å². The van der Waals surface area contributed by atoms with Crippen LogP contribution in [0.15, 0.2) is 18.2 Å². The van der Waals surface area contributed by atoms with Gasteiger partial charge in [0.15, 0.2) is 0 Å². The predicted octanol–water partition coefficient (Wildman–Crippen LogP) is 2.37. The Kier molecular flexibility index (Phi) is 3.21. The highest BCUT2D eigenvalue weighted by Crippen LogP contribution is 2.18. The van der Waals surface area contributed by atoms with E-state index in [-0.39, 0.29) is 6.10 Å². The van der Waals surface area contributed by atoms with Crippen LogP contribution >= 0.6 is 0 Å². The maximum atomic E-state index is 5.73. The first-order chi connectivity index (χ1) is 7.25. The molecule has 0 aliphatic carbocycles. The Morgan fingerprint density at radius 3 is 3.00 bits per heavy atom. The minimum absolute atomic E-state index is 0.180. The van der Waals surface area contributed by atoms with Gasteiger partial charge < -0.3 is 9.47 Å². The van der Waals surface area contributed by atoms with Gasteiger partial charge in [-0.3, -0.25) is 0 Å². The van der Waals surface area contributed by atoms with Crippen LogP contribution in [0, 0.1) is 0 Å². The van der Waals surface area contributed by atoms with E-state index in [1.165, 1.54) is 0 Å². The van der Waals surface area contributed by atoms with Crippen molar-refractivity contribution in [3.05, 3.63) is 23.9 Å². The summed E-state index contributed by atoms with van der Waals surface area (Å²) in [5.74, 6) is 1.16. The monoisotopic (exact) mass is 207 g/mol. The third kappa shape index (κ3) is 2.69. The lowest BCUT2D eigenvalue weighted by molar-refractivity contribution is 0.138. The SMILES string of the molecule is CC(C)c1cccc(OC2CCOC2)n1. The summed E-state index contributed by atoms with van der Waals surface area (Å²) in [5.41, 5.74) is 1.08. The molecule has 82 valence electrons. The number of hydrogen-bond donors (Lipinski definition) is 0. The van der Waals surface area contributed by atoms with E-state index in [9.17, 15) is 0 Å². The lowest BCUT2D eigenvalue weighted by Crippen LogP contribution is -2.16. The van der Waals surface area contributed by atoms with Crippen LogP contribution in [0.5, 0.6) is 5.88 Å². The molecule has 0 spiro atoms. The molecule has 1 aliphatic heterocycles. The van der Waals surface area contributed by atoms with Crippen LogP contribution in [0.3, 0.4) is 0 Å². The van der Waals surface area contributed by atoms with Gasteiger partial charge in [0, 0.05) is 18.2 Å². The number of aromatic nitrogens is 1. The smallest absolute Gasteiger partial charge is 0.213 e. The Hall–Kier alpha value is -1.09. The number of rotatable bonds is 3. The predicted molar refractivity (Wildman–Crippen MR) is 58.2 cm³/mol. The Morgan fingerprint density at radius 1 is 1.47 bits per heavy atom. The Bertz CT molecular complexity index is 319. The second-order valence-corrected chi connectivity index (χ2v) is 4.16. The molecule has 1 atom stereocenters. The van der Waals surface area contributed by atoms with Crippen LogP contribution < -0.4 is 4.74 Å². The summed E-state index contributed by atoms with van der Waals surface area (Å²) in [6.07, 6.45) is 1.15. The second-order valence-electron chi connectivity index (χ2n) is 4.16. The summed E-state index contributed by atoms with van der Waals surface area (Å²) in [6, 6.07) is 5.93. The van der Waals surface area contributed by atoms with Crippen LogP contribution in [-0.4, -0.2) is 24.3 Å². The van der Waals surface area contributed by atoms with Crippen molar-refractivity contribution in [2.75, 3.05) is 13.2 Å². The lowest BCUT2D eigenvalue weighted by atomic mass is 10.1. The molecule has 3 nitrogen and oxygen atoms in total. The molecule has 0 amide bonds. The third-order valence-electron chi connectivity index (χ3n) is 2.51. The Morgan fingerprint density at radius 2 is 2.33 bits per heavy atom. The average Bonchev–Trinajstić information content (AvgIpc) is 2.71. The average molecular weight is 207 g/mol. The van der Waals surface area contributed by atoms with E-state index in [1.807, 2.05) is 18.2 Å². The fraction of sp³-hybridized carbons (Fsp3) is 0.583. The van der Waals surface area contributed by atoms with E-state index in [0.717, 1.165) is 24.6 Å². The van der Waals surface area contributed by atoms with Crippen molar-refractivity contribution in [2.45, 2.75) is 32.3 Å². The molecule has 0 radical (unpaired) electrons. The molecular weight excluding hydrogens is 190 g/mol. The molecule has 0 saturated carbocycles. The summed E-state index contributed by atoms with van der Waals surface area (Å²) < 4.78 is 11.0. The molecule has 1 aliphatic rings. The van der Waals surface area contributed by atoms with E-state index in [4.69, 9.17) is 9.47 Å². The molecule has 2 rings (SSSR count). The Balaban J connectivity index is 2.04. The highest BCUT2D eigenvalue weighted by molar-refractivity contribution is 5.18. The summed E-state index contributed by atoms with van der Waals surface area (Å²) in [4.78, 5) is 4.46. The molecule has 2 heterocycles. The first-order valence-corrected chi connectivity index (χ1v) is 5.47. The molecule has 1 fully saturated rings. The van der Waals surface area contributed by atoms with Crippen molar-refractivity contribution in [2.24, 2.45) is 0 Å². The topological polar surface area (TPSA) is 31.4 Å². The molecular formula is C12H17NO2. The van der Waals surface area contributed by atoms with Gasteiger partial charge >= 0.3 is 0 Å². The summed E-state index contributed by atoms with van der Waals surface area (Å²) in [6.45, 7) is 5.75. The normalized spacial score (nSPS) is 20.9. The van der Waals surface area contributed by atoms with E-state index in [0.29, 0.717) is 12.5 Å². The fourth-order valence-corrected chi connectivity index (χ4v) is 1.59. The molecule has 0 aromatic carbocycles. The van der Waals surface area contributed by atoms with E-state index < -0.39 is 0 Å². The number of ether oxygens (including phenoxy) is 2. The molecule has 3 heteroatoms. The molecule has 1 aromatic rings. The van der Waals surface area contributed by atoms with Gasteiger partial charge in [0.25, 0.3) is 0 Å². The maximum Gasteiger partial charge on any atom is 0.213 e. The van der Waals surface area contributed by atoms with Gasteiger partial charge in [0.2, 0.25) is 5.88 Å². The van der Waals surface area contributed by atoms with Crippen molar-refractivity contribution in [1.82, 2.24) is 4.98 Å². The standard InChI is InChI=1S/C12H17NO2/c1-9(2)11-4-3-5-12(13-11)15-10-6-7-14-8-10/h3-5,9-10H,6-8H2,1-2H3. The molecule has 15 heavy (non-hydrogen) atoms. The van der Waals surface area contributed by atoms with Gasteiger partial charge in [0.1, 0.15) is 6.10 Å². The number of pyridine rings is 1. The van der Waals surface area contributed by atoms with Crippen LogP contribution in [-0.2, 0) is 4.74 Å². The van der Waals surface area contributed by atoms with E-state index >= 15 is 0 Å². The van der Waals surface area contributed by atoms with Gasteiger partial charge in [-0.15, -0.1) is 0 Å². The minimum Gasteiger partial charge on any atom is -0.472 e. The lowest BCUT2D eigenvalue weighted by Gasteiger charge is -2.12. The summed E-state index contributed by atoms with van der Waals surface area (Å²) in [5, 5.41) is 0. The molecule has 1 saturated heterocycles. The fourth-order valence-electron chi connectivity index (χ4n) is 1.59. The van der Waals surface area contributed by atoms with Gasteiger partial charge in [-0.2, -0.15) is 0 Å². The zero-order valence-corrected chi connectivity index (χ0v) is 9.27. The maximum absolute atomic E-state index is 5.73. The largest absolute Gasteiger partial charge is 0.472 e. The first kappa shape index (κ1) is 10.4. The third-order valence-corrected chi connectivity index (χ3v) is 2.51. The van der Waals surface area contributed by atoms with E-state index in [1.54, 1.807) is 0 Å². The van der Waals surface area contributed by atoms with Gasteiger partial charge in [0.05, 0.1) is 13.2 Å². The highest BCUT2D eigenvalue weighted by atomic mass is 16.5. The zero-order valence-electron chi connectivity index (χ0n) is 9.27. The highest BCUT2D eigenvalue weighted by Gasteiger charge is 2.17. The molecule has 0 bridgehead atoms. The van der Waals surface area contributed by atoms with Crippen LogP contribution in [0.2, 0.25) is 0 Å².